The summed E-state index contributed by atoms with van der Waals surface area (Å²) in [6, 6.07) is 5.72. The lowest BCUT2D eigenvalue weighted by Crippen LogP contribution is -2.05. The number of nitro benzene ring substituents is 1. The molecule has 2 rings (SSSR count). The third kappa shape index (κ3) is 2.48. The smallest absolute Gasteiger partial charge is 0.322 e. The third-order valence-corrected chi connectivity index (χ3v) is 2.01. The van der Waals surface area contributed by atoms with E-state index in [-0.39, 0.29) is 23.5 Å². The fourth-order valence-corrected chi connectivity index (χ4v) is 1.29. The molecule has 0 aliphatic heterocycles. The Morgan fingerprint density at radius 3 is 2.89 bits per heavy atom. The molecule has 92 valence electrons. The predicted octanol–water partition coefficient (Wildman–Crippen LogP) is 1.60. The average Bonchev–Trinajstić information content (AvgIpc) is 2.77. The number of hydrogen-bond acceptors (Lipinski definition) is 6. The number of hydrogen-bond donors (Lipinski definition) is 1. The first-order chi connectivity index (χ1) is 8.56. The van der Waals surface area contributed by atoms with E-state index < -0.39 is 4.92 Å². The van der Waals surface area contributed by atoms with E-state index in [0.717, 1.165) is 0 Å². The highest BCUT2D eigenvalue weighted by atomic mass is 16.6. The number of nitro groups is 1. The molecule has 1 amide bonds. The summed E-state index contributed by atoms with van der Waals surface area (Å²) in [5, 5.41) is 20.2. The Hall–Kier alpha value is -2.77. The minimum Gasteiger partial charge on any atom is -0.403 e. The van der Waals surface area contributed by atoms with Gasteiger partial charge in [-0.3, -0.25) is 20.2 Å². The Bertz CT molecular complexity index is 607. The molecule has 1 N–H and O–H groups in total. The number of non-ortho nitro benzene ring substituents is 1. The van der Waals surface area contributed by atoms with Gasteiger partial charge in [-0.2, -0.15) is 0 Å². The lowest BCUT2D eigenvalue weighted by molar-refractivity contribution is -0.384. The molecule has 0 atom stereocenters. The van der Waals surface area contributed by atoms with Crippen molar-refractivity contribution in [2.24, 2.45) is 0 Å². The summed E-state index contributed by atoms with van der Waals surface area (Å²) in [5.41, 5.74) is 0.333. The molecule has 0 saturated heterocycles. The first-order valence-electron chi connectivity index (χ1n) is 4.92. The number of aromatic nitrogens is 2. The van der Waals surface area contributed by atoms with Crippen LogP contribution in [0.5, 0.6) is 0 Å². The molecule has 0 spiro atoms. The lowest BCUT2D eigenvalue weighted by atomic mass is 10.2. The van der Waals surface area contributed by atoms with Crippen molar-refractivity contribution in [3.63, 3.8) is 0 Å². The average molecular weight is 248 g/mol. The molecule has 2 aromatic rings. The van der Waals surface area contributed by atoms with E-state index in [0.29, 0.717) is 5.56 Å². The maximum absolute atomic E-state index is 10.8. The number of carbonyl (C=O) groups is 1. The topological polar surface area (TPSA) is 111 Å². The number of nitrogens with zero attached hydrogens (tertiary/aromatic N) is 3. The highest BCUT2D eigenvalue weighted by molar-refractivity contribution is 5.86. The molecule has 0 fully saturated rings. The zero-order chi connectivity index (χ0) is 13.1. The van der Waals surface area contributed by atoms with Gasteiger partial charge in [0.1, 0.15) is 0 Å². The number of amides is 1. The Balaban J connectivity index is 2.31. The summed E-state index contributed by atoms with van der Waals surface area (Å²) in [6.07, 6.45) is 0. The van der Waals surface area contributed by atoms with Gasteiger partial charge in [0.25, 0.3) is 5.69 Å². The minimum absolute atomic E-state index is 0.0518. The second kappa shape index (κ2) is 4.62. The molecule has 0 bridgehead atoms. The largest absolute Gasteiger partial charge is 0.403 e. The summed E-state index contributed by atoms with van der Waals surface area (Å²) in [5.74, 6) is -0.244. The van der Waals surface area contributed by atoms with Crippen molar-refractivity contribution >= 4 is 17.6 Å². The Morgan fingerprint density at radius 2 is 2.22 bits per heavy atom. The highest BCUT2D eigenvalue weighted by Crippen LogP contribution is 2.23. The van der Waals surface area contributed by atoms with Crippen LogP contribution in [0.4, 0.5) is 11.7 Å². The van der Waals surface area contributed by atoms with Crippen LogP contribution in [-0.2, 0) is 4.79 Å². The fourth-order valence-electron chi connectivity index (χ4n) is 1.29. The minimum atomic E-state index is -0.519. The highest BCUT2D eigenvalue weighted by Gasteiger charge is 2.12. The molecule has 1 aromatic heterocycles. The maximum Gasteiger partial charge on any atom is 0.322 e. The van der Waals surface area contributed by atoms with Gasteiger partial charge in [-0.05, 0) is 6.07 Å². The van der Waals surface area contributed by atoms with Crippen molar-refractivity contribution in [3.05, 3.63) is 34.4 Å². The van der Waals surface area contributed by atoms with Gasteiger partial charge in [0.15, 0.2) is 0 Å². The molecule has 0 aliphatic rings. The van der Waals surface area contributed by atoms with Gasteiger partial charge in [0.05, 0.1) is 4.92 Å². The Labute approximate surface area is 101 Å². The number of rotatable bonds is 3. The quantitative estimate of drug-likeness (QED) is 0.652. The normalized spacial score (nSPS) is 10.1. The molecule has 8 nitrogen and oxygen atoms in total. The summed E-state index contributed by atoms with van der Waals surface area (Å²) in [4.78, 5) is 20.9. The summed E-state index contributed by atoms with van der Waals surface area (Å²) in [6.45, 7) is 1.30. The van der Waals surface area contributed by atoms with Crippen LogP contribution in [0.1, 0.15) is 6.92 Å². The molecule has 1 heterocycles. The molecule has 8 heteroatoms. The number of anilines is 1. The molecule has 0 saturated carbocycles. The van der Waals surface area contributed by atoms with Gasteiger partial charge in [-0.15, -0.1) is 5.10 Å². The predicted molar refractivity (Wildman–Crippen MR) is 60.7 cm³/mol. The van der Waals surface area contributed by atoms with E-state index in [4.69, 9.17) is 4.42 Å². The van der Waals surface area contributed by atoms with E-state index >= 15 is 0 Å². The third-order valence-electron chi connectivity index (χ3n) is 2.01. The van der Waals surface area contributed by atoms with Crippen LogP contribution in [0, 0.1) is 10.1 Å². The molecule has 1 aromatic carbocycles. The van der Waals surface area contributed by atoms with Crippen LogP contribution in [0.3, 0.4) is 0 Å². The van der Waals surface area contributed by atoms with Crippen molar-refractivity contribution in [2.75, 3.05) is 5.32 Å². The molecule has 18 heavy (non-hydrogen) atoms. The molecule has 0 radical (unpaired) electrons. The molecule has 0 aliphatic carbocycles. The second-order valence-electron chi connectivity index (χ2n) is 3.40. The van der Waals surface area contributed by atoms with Gasteiger partial charge in [0, 0.05) is 24.6 Å². The maximum atomic E-state index is 10.8. The second-order valence-corrected chi connectivity index (χ2v) is 3.40. The van der Waals surface area contributed by atoms with Crippen LogP contribution in [0.25, 0.3) is 11.5 Å². The van der Waals surface area contributed by atoms with Gasteiger partial charge in [-0.1, -0.05) is 11.2 Å². The Kier molecular flexibility index (Phi) is 3.00. The van der Waals surface area contributed by atoms with Gasteiger partial charge in [-0.25, -0.2) is 0 Å². The van der Waals surface area contributed by atoms with Gasteiger partial charge in [0.2, 0.25) is 11.8 Å². The Morgan fingerprint density at radius 1 is 1.44 bits per heavy atom. The molecular formula is C10H8N4O4. The SMILES string of the molecule is CC(=O)Nc1nnc(-c2cccc([N+](=O)[O-])c2)o1. The molecule has 0 unspecified atom stereocenters. The summed E-state index contributed by atoms with van der Waals surface area (Å²) in [7, 11) is 0. The van der Waals surface area contributed by atoms with Crippen molar-refractivity contribution in [2.45, 2.75) is 6.92 Å². The summed E-state index contributed by atoms with van der Waals surface area (Å²) >= 11 is 0. The van der Waals surface area contributed by atoms with Crippen molar-refractivity contribution < 1.29 is 14.1 Å². The van der Waals surface area contributed by atoms with Crippen molar-refractivity contribution in [1.82, 2.24) is 10.2 Å². The number of nitrogens with one attached hydrogen (secondary N) is 1. The number of carbonyl (C=O) groups excluding carboxylic acids is 1. The zero-order valence-electron chi connectivity index (χ0n) is 9.28. The van der Waals surface area contributed by atoms with Crippen LogP contribution in [0.2, 0.25) is 0 Å². The zero-order valence-corrected chi connectivity index (χ0v) is 9.28. The van der Waals surface area contributed by atoms with Crippen LogP contribution < -0.4 is 5.32 Å². The van der Waals surface area contributed by atoms with E-state index in [2.05, 4.69) is 15.5 Å². The standard InChI is InChI=1S/C10H8N4O4/c1-6(15)11-10-13-12-9(18-10)7-3-2-4-8(5-7)14(16)17/h2-5H,1H3,(H,11,13,15). The number of benzene rings is 1. The van der Waals surface area contributed by atoms with E-state index in [9.17, 15) is 14.9 Å². The monoisotopic (exact) mass is 248 g/mol. The van der Waals surface area contributed by atoms with Crippen LogP contribution >= 0.6 is 0 Å². The molecular weight excluding hydrogens is 240 g/mol. The first-order valence-corrected chi connectivity index (χ1v) is 4.92. The van der Waals surface area contributed by atoms with E-state index in [1.165, 1.54) is 25.1 Å². The fraction of sp³-hybridized carbons (Fsp3) is 0.100. The van der Waals surface area contributed by atoms with E-state index in [1.807, 2.05) is 0 Å². The van der Waals surface area contributed by atoms with Crippen molar-refractivity contribution in [3.8, 4) is 11.5 Å². The van der Waals surface area contributed by atoms with Crippen LogP contribution in [-0.4, -0.2) is 21.0 Å². The van der Waals surface area contributed by atoms with Crippen molar-refractivity contribution in [1.29, 1.82) is 0 Å². The summed E-state index contributed by atoms with van der Waals surface area (Å²) < 4.78 is 5.14. The van der Waals surface area contributed by atoms with Gasteiger partial charge < -0.3 is 4.42 Å². The first kappa shape index (κ1) is 11.7. The van der Waals surface area contributed by atoms with Gasteiger partial charge >= 0.3 is 6.01 Å². The van der Waals surface area contributed by atoms with Crippen LogP contribution in [0.15, 0.2) is 28.7 Å². The lowest BCUT2D eigenvalue weighted by Gasteiger charge is -1.95. The van der Waals surface area contributed by atoms with E-state index in [1.54, 1.807) is 6.07 Å².